The first-order chi connectivity index (χ1) is 7.20. The molecule has 0 saturated carbocycles. The van der Waals surface area contributed by atoms with Gasteiger partial charge in [-0.15, -0.1) is 0 Å². The van der Waals surface area contributed by atoms with Gasteiger partial charge < -0.3 is 10.4 Å². The van der Waals surface area contributed by atoms with Crippen molar-refractivity contribution in [3.8, 4) is 0 Å². The summed E-state index contributed by atoms with van der Waals surface area (Å²) >= 11 is 6.05. The Hall–Kier alpha value is -1.06. The van der Waals surface area contributed by atoms with Crippen LogP contribution in [0.1, 0.15) is 11.5 Å². The molecule has 0 aliphatic carbocycles. The molecule has 1 saturated heterocycles. The lowest BCUT2D eigenvalue weighted by Gasteiger charge is -2.16. The van der Waals surface area contributed by atoms with Crippen molar-refractivity contribution in [3.63, 3.8) is 0 Å². The Labute approximate surface area is 93.1 Å². The van der Waals surface area contributed by atoms with Crippen LogP contribution in [0.4, 0.5) is 0 Å². The summed E-state index contributed by atoms with van der Waals surface area (Å²) in [6, 6.07) is 7.44. The maximum Gasteiger partial charge on any atom is 0.308 e. The highest BCUT2D eigenvalue weighted by molar-refractivity contribution is 6.31. The van der Waals surface area contributed by atoms with Crippen LogP contribution in [0.25, 0.3) is 0 Å². The van der Waals surface area contributed by atoms with Crippen molar-refractivity contribution in [1.82, 2.24) is 5.32 Å². The van der Waals surface area contributed by atoms with Crippen LogP contribution in [0.5, 0.6) is 0 Å². The quantitative estimate of drug-likeness (QED) is 0.806. The Bertz CT molecular complexity index is 381. The van der Waals surface area contributed by atoms with E-state index >= 15 is 0 Å². The molecule has 1 aliphatic heterocycles. The summed E-state index contributed by atoms with van der Waals surface area (Å²) < 4.78 is 0. The van der Waals surface area contributed by atoms with E-state index in [0.29, 0.717) is 18.1 Å². The Kier molecular flexibility index (Phi) is 2.93. The van der Waals surface area contributed by atoms with Crippen LogP contribution < -0.4 is 5.32 Å². The lowest BCUT2D eigenvalue weighted by molar-refractivity contribution is -0.141. The van der Waals surface area contributed by atoms with E-state index in [2.05, 4.69) is 5.32 Å². The molecule has 2 rings (SSSR count). The maximum atomic E-state index is 11.0. The Balaban J connectivity index is 2.30. The largest absolute Gasteiger partial charge is 0.481 e. The highest BCUT2D eigenvalue weighted by atomic mass is 35.5. The van der Waals surface area contributed by atoms with Gasteiger partial charge in [-0.25, -0.2) is 0 Å². The number of carbonyl (C=O) groups is 1. The van der Waals surface area contributed by atoms with Crippen LogP contribution in [0.2, 0.25) is 5.02 Å². The van der Waals surface area contributed by atoms with E-state index in [4.69, 9.17) is 16.7 Å². The van der Waals surface area contributed by atoms with Crippen LogP contribution in [0, 0.1) is 5.92 Å². The van der Waals surface area contributed by atoms with Gasteiger partial charge in [-0.3, -0.25) is 4.79 Å². The number of hydrogen-bond acceptors (Lipinski definition) is 2. The molecular formula is C11H12ClNO2. The second-order valence-electron chi connectivity index (χ2n) is 3.73. The molecule has 0 radical (unpaired) electrons. The molecule has 15 heavy (non-hydrogen) atoms. The highest BCUT2D eigenvalue weighted by Gasteiger charge is 2.34. The number of benzene rings is 1. The number of hydrogen-bond donors (Lipinski definition) is 2. The molecule has 0 spiro atoms. The molecule has 1 heterocycles. The van der Waals surface area contributed by atoms with Crippen molar-refractivity contribution in [1.29, 1.82) is 0 Å². The first-order valence-electron chi connectivity index (χ1n) is 4.88. The molecular weight excluding hydrogens is 214 g/mol. The molecule has 0 aromatic heterocycles. The Morgan fingerprint density at radius 2 is 2.13 bits per heavy atom. The minimum Gasteiger partial charge on any atom is -0.481 e. The SMILES string of the molecule is O=C(O)C1CNCC1c1ccccc1Cl. The third-order valence-electron chi connectivity index (χ3n) is 2.84. The summed E-state index contributed by atoms with van der Waals surface area (Å²) in [6.07, 6.45) is 0. The molecule has 1 aromatic carbocycles. The normalized spacial score (nSPS) is 25.4. The number of carboxylic acids is 1. The van der Waals surface area contributed by atoms with Gasteiger partial charge >= 0.3 is 5.97 Å². The molecule has 80 valence electrons. The van der Waals surface area contributed by atoms with Gasteiger partial charge in [0.25, 0.3) is 0 Å². The summed E-state index contributed by atoms with van der Waals surface area (Å²) in [5, 5.41) is 12.8. The summed E-state index contributed by atoms with van der Waals surface area (Å²) in [4.78, 5) is 11.0. The molecule has 2 unspecified atom stereocenters. The molecule has 3 nitrogen and oxygen atoms in total. The van der Waals surface area contributed by atoms with E-state index < -0.39 is 5.97 Å². The van der Waals surface area contributed by atoms with Crippen molar-refractivity contribution >= 4 is 17.6 Å². The van der Waals surface area contributed by atoms with Crippen molar-refractivity contribution in [2.75, 3.05) is 13.1 Å². The predicted molar refractivity (Wildman–Crippen MR) is 58.2 cm³/mol. The van der Waals surface area contributed by atoms with Crippen molar-refractivity contribution in [2.24, 2.45) is 5.92 Å². The van der Waals surface area contributed by atoms with Crippen LogP contribution in [-0.2, 0) is 4.79 Å². The standard InChI is InChI=1S/C11H12ClNO2/c12-10-4-2-1-3-7(10)8-5-13-6-9(8)11(14)15/h1-4,8-9,13H,5-6H2,(H,14,15). The van der Waals surface area contributed by atoms with E-state index in [-0.39, 0.29) is 11.8 Å². The molecule has 1 aliphatic rings. The smallest absolute Gasteiger partial charge is 0.308 e. The number of aliphatic carboxylic acids is 1. The van der Waals surface area contributed by atoms with E-state index in [0.717, 1.165) is 5.56 Å². The molecule has 2 atom stereocenters. The molecule has 4 heteroatoms. The fraction of sp³-hybridized carbons (Fsp3) is 0.364. The summed E-state index contributed by atoms with van der Waals surface area (Å²) in [5.74, 6) is -1.15. The van der Waals surface area contributed by atoms with Gasteiger partial charge in [0.15, 0.2) is 0 Å². The maximum absolute atomic E-state index is 11.0. The third kappa shape index (κ3) is 1.98. The molecule has 0 bridgehead atoms. The van der Waals surface area contributed by atoms with Crippen molar-refractivity contribution in [2.45, 2.75) is 5.92 Å². The molecule has 1 fully saturated rings. The minimum atomic E-state index is -0.759. The van der Waals surface area contributed by atoms with Gasteiger partial charge in [0.1, 0.15) is 0 Å². The summed E-state index contributed by atoms with van der Waals surface area (Å²) in [7, 11) is 0. The van der Waals surface area contributed by atoms with Crippen molar-refractivity contribution < 1.29 is 9.90 Å². The predicted octanol–water partition coefficient (Wildman–Crippen LogP) is 1.73. The zero-order valence-corrected chi connectivity index (χ0v) is 8.87. The average molecular weight is 226 g/mol. The topological polar surface area (TPSA) is 49.3 Å². The molecule has 0 amide bonds. The van der Waals surface area contributed by atoms with Crippen LogP contribution >= 0.6 is 11.6 Å². The first-order valence-corrected chi connectivity index (χ1v) is 5.26. The molecule has 2 N–H and O–H groups in total. The number of rotatable bonds is 2. The van der Waals surface area contributed by atoms with Gasteiger partial charge in [0.2, 0.25) is 0 Å². The van der Waals surface area contributed by atoms with E-state index in [9.17, 15) is 4.79 Å². The fourth-order valence-electron chi connectivity index (χ4n) is 2.04. The summed E-state index contributed by atoms with van der Waals surface area (Å²) in [5.41, 5.74) is 0.927. The lowest BCUT2D eigenvalue weighted by Crippen LogP contribution is -2.21. The zero-order chi connectivity index (χ0) is 10.8. The monoisotopic (exact) mass is 225 g/mol. The summed E-state index contributed by atoms with van der Waals surface area (Å²) in [6.45, 7) is 1.20. The van der Waals surface area contributed by atoms with Crippen LogP contribution in [0.3, 0.4) is 0 Å². The number of halogens is 1. The second-order valence-corrected chi connectivity index (χ2v) is 4.14. The Morgan fingerprint density at radius 1 is 1.40 bits per heavy atom. The van der Waals surface area contributed by atoms with Crippen molar-refractivity contribution in [3.05, 3.63) is 34.9 Å². The van der Waals surface area contributed by atoms with E-state index in [1.165, 1.54) is 0 Å². The third-order valence-corrected chi connectivity index (χ3v) is 3.18. The highest BCUT2D eigenvalue weighted by Crippen LogP contribution is 2.32. The Morgan fingerprint density at radius 3 is 2.80 bits per heavy atom. The zero-order valence-electron chi connectivity index (χ0n) is 8.11. The molecule has 1 aromatic rings. The first kappa shape index (κ1) is 10.5. The van der Waals surface area contributed by atoms with Gasteiger partial charge in [0, 0.05) is 24.0 Å². The van der Waals surface area contributed by atoms with E-state index in [1.54, 1.807) is 6.07 Å². The van der Waals surface area contributed by atoms with E-state index in [1.807, 2.05) is 18.2 Å². The minimum absolute atomic E-state index is 0.0174. The number of carboxylic acid groups (broad SMARTS) is 1. The van der Waals surface area contributed by atoms with Crippen LogP contribution in [0.15, 0.2) is 24.3 Å². The average Bonchev–Trinajstić information content (AvgIpc) is 2.67. The van der Waals surface area contributed by atoms with Gasteiger partial charge in [-0.05, 0) is 11.6 Å². The van der Waals surface area contributed by atoms with Crippen LogP contribution in [-0.4, -0.2) is 24.2 Å². The van der Waals surface area contributed by atoms with Gasteiger partial charge in [0.05, 0.1) is 5.92 Å². The fourth-order valence-corrected chi connectivity index (χ4v) is 2.32. The van der Waals surface area contributed by atoms with Gasteiger partial charge in [-0.2, -0.15) is 0 Å². The number of nitrogens with one attached hydrogen (secondary N) is 1. The second kappa shape index (κ2) is 4.21. The lowest BCUT2D eigenvalue weighted by atomic mass is 9.89. The van der Waals surface area contributed by atoms with Gasteiger partial charge in [-0.1, -0.05) is 29.8 Å².